The van der Waals surface area contributed by atoms with Gasteiger partial charge in [0.15, 0.2) is 0 Å². The number of thiazole rings is 2. The quantitative estimate of drug-likeness (QED) is 0.129. The van der Waals surface area contributed by atoms with Gasteiger partial charge in [-0.05, 0) is 91.3 Å². The molecule has 0 saturated carbocycles. The second-order valence-electron chi connectivity index (χ2n) is 11.0. The molecule has 0 saturated heterocycles. The number of aromatic nitrogens is 2. The molecule has 14 nitrogen and oxygen atoms in total. The Labute approximate surface area is 354 Å². The minimum Gasteiger partial charge on any atom is -0.871 e. The molecule has 53 heavy (non-hydrogen) atoms. The number of benzene rings is 5. The van der Waals surface area contributed by atoms with Gasteiger partial charge < -0.3 is 10.2 Å². The molecule has 0 atom stereocenters. The third-order valence-corrected chi connectivity index (χ3v) is 11.7. The van der Waals surface area contributed by atoms with E-state index in [2.05, 4.69) is 25.4 Å². The fourth-order valence-corrected chi connectivity index (χ4v) is 8.76. The third kappa shape index (κ3) is 8.91. The first-order valence-electron chi connectivity index (χ1n) is 14.5. The molecule has 7 aromatic rings. The summed E-state index contributed by atoms with van der Waals surface area (Å²) in [6.45, 7) is 1.62. The van der Waals surface area contributed by atoms with E-state index in [4.69, 9.17) is 9.54 Å². The first-order chi connectivity index (χ1) is 24.2. The Bertz CT molecular complexity index is 2790. The summed E-state index contributed by atoms with van der Waals surface area (Å²) in [7, 11) is -8.81. The predicted molar refractivity (Wildman–Crippen MR) is 188 cm³/mol. The van der Waals surface area contributed by atoms with E-state index in [1.807, 2.05) is 18.2 Å². The normalized spacial score (nSPS) is 12.1. The number of hydrogen-bond acceptors (Lipinski definition) is 14. The number of rotatable bonds is 8. The summed E-state index contributed by atoms with van der Waals surface area (Å²) in [4.78, 5) is 8.87. The molecule has 20 heteroatoms. The molecule has 2 N–H and O–H groups in total. The van der Waals surface area contributed by atoms with E-state index in [-0.39, 0.29) is 86.0 Å². The SMILES string of the molecule is Cc1ccc2nc(-c3ccc4nc(-c5ccc(N=Nc6cc(N=Nc7ccc(S(=O)(=O)O)cc7)c([O-])cc6[O-])cc5)sc4c3)sc2c1S(=O)(=O)O.[Na+].[Na+]. The van der Waals surface area contributed by atoms with Crippen molar-refractivity contribution in [3.05, 3.63) is 96.6 Å². The molecule has 0 aliphatic rings. The summed E-state index contributed by atoms with van der Waals surface area (Å²) in [5.74, 6) is -1.35. The van der Waals surface area contributed by atoms with Crippen molar-refractivity contribution >= 4 is 86.1 Å². The molecule has 0 spiro atoms. The summed E-state index contributed by atoms with van der Waals surface area (Å²) in [6, 6.07) is 22.7. The van der Waals surface area contributed by atoms with Crippen LogP contribution in [0.15, 0.2) is 121 Å². The monoisotopic (exact) mass is 802 g/mol. The third-order valence-electron chi connectivity index (χ3n) is 7.44. The van der Waals surface area contributed by atoms with Gasteiger partial charge in [-0.1, -0.05) is 23.6 Å². The summed E-state index contributed by atoms with van der Waals surface area (Å²) in [5, 5.41) is 41.9. The first-order valence-corrected chi connectivity index (χ1v) is 19.1. The van der Waals surface area contributed by atoms with Gasteiger partial charge in [-0.3, -0.25) is 9.11 Å². The molecular formula is C33H20N6Na2O8S4. The van der Waals surface area contributed by atoms with Crippen molar-refractivity contribution in [2.24, 2.45) is 20.5 Å². The van der Waals surface area contributed by atoms with Crippen LogP contribution in [-0.4, -0.2) is 35.9 Å². The summed E-state index contributed by atoms with van der Waals surface area (Å²) >= 11 is 2.63. The van der Waals surface area contributed by atoms with Crippen molar-refractivity contribution in [1.82, 2.24) is 9.97 Å². The fraction of sp³-hybridized carbons (Fsp3) is 0.0303. The Hall–Kier alpha value is -3.50. The topological polar surface area (TPSA) is 230 Å². The Balaban J connectivity index is 0.00000271. The summed E-state index contributed by atoms with van der Waals surface area (Å²) in [5.41, 5.74) is 3.53. The zero-order valence-electron chi connectivity index (χ0n) is 27.8. The van der Waals surface area contributed by atoms with Crippen LogP contribution in [0, 0.1) is 6.92 Å². The number of aryl methyl sites for hydroxylation is 1. The predicted octanol–water partition coefficient (Wildman–Crippen LogP) is 2.03. The van der Waals surface area contributed by atoms with E-state index in [0.717, 1.165) is 50.6 Å². The molecule has 0 aliphatic heterocycles. The maximum atomic E-state index is 12.4. The number of nitrogens with zero attached hydrogens (tertiary/aromatic N) is 6. The van der Waals surface area contributed by atoms with E-state index >= 15 is 0 Å². The first kappa shape index (κ1) is 40.7. The van der Waals surface area contributed by atoms with Crippen LogP contribution < -0.4 is 69.3 Å². The van der Waals surface area contributed by atoms with Crippen LogP contribution in [0.2, 0.25) is 0 Å². The van der Waals surface area contributed by atoms with Crippen molar-refractivity contribution in [2.75, 3.05) is 0 Å². The average Bonchev–Trinajstić information content (AvgIpc) is 3.71. The van der Waals surface area contributed by atoms with E-state index in [1.165, 1.54) is 34.8 Å². The number of fused-ring (bicyclic) bond motifs is 2. The molecule has 5 aromatic carbocycles. The van der Waals surface area contributed by atoms with Crippen molar-refractivity contribution in [2.45, 2.75) is 16.7 Å². The zero-order chi connectivity index (χ0) is 36.1. The molecule has 7 rings (SSSR count). The number of azo groups is 2. The maximum absolute atomic E-state index is 12.4. The van der Waals surface area contributed by atoms with Crippen molar-refractivity contribution in [1.29, 1.82) is 0 Å². The van der Waals surface area contributed by atoms with Gasteiger partial charge in [0.05, 0.1) is 48.1 Å². The minimum atomic E-state index is -4.43. The molecule has 0 bridgehead atoms. The number of hydrogen-bond donors (Lipinski definition) is 2. The average molecular weight is 803 g/mol. The van der Waals surface area contributed by atoms with E-state index in [0.29, 0.717) is 26.5 Å². The second kappa shape index (κ2) is 16.1. The molecule has 0 aliphatic carbocycles. The van der Waals surface area contributed by atoms with Crippen molar-refractivity contribution in [3.63, 3.8) is 0 Å². The van der Waals surface area contributed by atoms with Crippen molar-refractivity contribution in [3.8, 4) is 32.6 Å². The molecule has 0 unspecified atom stereocenters. The molecule has 2 heterocycles. The second-order valence-corrected chi connectivity index (χ2v) is 15.8. The van der Waals surface area contributed by atoms with Crippen LogP contribution in [0.5, 0.6) is 11.5 Å². The van der Waals surface area contributed by atoms with Gasteiger partial charge in [-0.15, -0.1) is 22.7 Å². The van der Waals surface area contributed by atoms with Crippen LogP contribution in [0.1, 0.15) is 5.56 Å². The molecule has 0 amide bonds. The van der Waals surface area contributed by atoms with Gasteiger partial charge in [0.1, 0.15) is 14.9 Å². The van der Waals surface area contributed by atoms with Crippen LogP contribution in [0.4, 0.5) is 22.7 Å². The van der Waals surface area contributed by atoms with Crippen LogP contribution in [0.3, 0.4) is 0 Å². The van der Waals surface area contributed by atoms with Crippen LogP contribution in [0.25, 0.3) is 41.6 Å². The summed E-state index contributed by atoms with van der Waals surface area (Å²) in [6.07, 6.45) is 0. The Kier molecular flexibility index (Phi) is 12.3. The van der Waals surface area contributed by atoms with Crippen LogP contribution in [-0.2, 0) is 20.2 Å². The van der Waals surface area contributed by atoms with Crippen molar-refractivity contribution < 1.29 is 95.3 Å². The minimum absolute atomic E-state index is 0. The Morgan fingerprint density at radius 1 is 0.604 bits per heavy atom. The molecule has 0 fully saturated rings. The molecular weight excluding hydrogens is 783 g/mol. The van der Waals surface area contributed by atoms with E-state index in [9.17, 15) is 31.6 Å². The fourth-order valence-electron chi connectivity index (χ4n) is 4.97. The summed E-state index contributed by atoms with van der Waals surface area (Å²) < 4.78 is 66.7. The van der Waals surface area contributed by atoms with Gasteiger partial charge in [-0.2, -0.15) is 37.3 Å². The molecule has 256 valence electrons. The molecule has 2 aromatic heterocycles. The smallest absolute Gasteiger partial charge is 0.871 e. The van der Waals surface area contributed by atoms with E-state index < -0.39 is 31.7 Å². The van der Waals surface area contributed by atoms with E-state index in [1.54, 1.807) is 43.3 Å². The molecule has 0 radical (unpaired) electrons. The van der Waals surface area contributed by atoms with Gasteiger partial charge in [-0.25, -0.2) is 9.97 Å². The van der Waals surface area contributed by atoms with Gasteiger partial charge in [0, 0.05) is 11.1 Å². The van der Waals surface area contributed by atoms with Gasteiger partial charge in [0.25, 0.3) is 20.2 Å². The van der Waals surface area contributed by atoms with Gasteiger partial charge >= 0.3 is 59.1 Å². The van der Waals surface area contributed by atoms with Gasteiger partial charge in [0.2, 0.25) is 0 Å². The Morgan fingerprint density at radius 3 is 1.72 bits per heavy atom. The maximum Gasteiger partial charge on any atom is 1.00 e. The Morgan fingerprint density at radius 2 is 1.13 bits per heavy atom. The zero-order valence-corrected chi connectivity index (χ0v) is 35.1. The van der Waals surface area contributed by atoms with Crippen LogP contribution >= 0.6 is 22.7 Å². The largest absolute Gasteiger partial charge is 1.00 e. The standard InChI is InChI=1S/C33H22N6O8S4.2Na/c1-17-2-12-24-30(31(17)51(45,46)47)49-33(35-24)19-5-13-23-29(14-19)48-32(34-23)18-3-6-20(7-4-18)36-38-25-15-26(28(41)16-27(25)40)39-37-21-8-10-22(11-9-21)50(42,43)44;;/h2-16,40-41H,1H3,(H,42,43,44)(H,45,46,47);;/q;2*+1/p-2.